The maximum absolute atomic E-state index is 8.94. The van der Waals surface area contributed by atoms with E-state index in [1.54, 1.807) is 23.8 Å². The fraction of sp³-hybridized carbons (Fsp3) is 0.143. The molecule has 0 saturated carbocycles. The third-order valence-electron chi connectivity index (χ3n) is 2.44. The Morgan fingerprint density at radius 3 is 2.67 bits per heavy atom. The van der Waals surface area contributed by atoms with Crippen molar-refractivity contribution in [3.8, 4) is 5.88 Å². The predicted octanol–water partition coefficient (Wildman–Crippen LogP) is 1.96. The number of nitrogens with one attached hydrogen (secondary N) is 2. The lowest BCUT2D eigenvalue weighted by Crippen LogP contribution is -2.18. The van der Waals surface area contributed by atoms with Crippen LogP contribution in [0.15, 0.2) is 42.6 Å². The van der Waals surface area contributed by atoms with Gasteiger partial charge in [-0.3, -0.25) is 10.2 Å². The van der Waals surface area contributed by atoms with Crippen LogP contribution in [0.4, 0.5) is 5.69 Å². The van der Waals surface area contributed by atoms with E-state index in [9.17, 15) is 0 Å². The number of carbonyl (C=O) groups is 1. The van der Waals surface area contributed by atoms with Crippen molar-refractivity contribution in [1.29, 1.82) is 0 Å². The van der Waals surface area contributed by atoms with E-state index in [1.807, 2.05) is 31.3 Å². The summed E-state index contributed by atoms with van der Waals surface area (Å²) in [4.78, 5) is 13.0. The Kier molecular flexibility index (Phi) is 7.63. The van der Waals surface area contributed by atoms with Gasteiger partial charge in [-0.15, -0.1) is 0 Å². The van der Waals surface area contributed by atoms with E-state index in [-0.39, 0.29) is 0 Å². The van der Waals surface area contributed by atoms with E-state index in [2.05, 4.69) is 16.1 Å². The van der Waals surface area contributed by atoms with Gasteiger partial charge in [-0.05, 0) is 18.2 Å². The number of hydrogen-bond donors (Lipinski definition) is 3. The molecule has 0 aliphatic carbocycles. The van der Waals surface area contributed by atoms with Crippen LogP contribution in [-0.4, -0.2) is 18.4 Å². The first kappa shape index (κ1) is 16.7. The number of carbonyl (C=O) groups excluding carboxylic acids is 1. The molecular formula is C14H17ClN4O2. The molecule has 7 heteroatoms. The Labute approximate surface area is 128 Å². The molecule has 6 nitrogen and oxygen atoms in total. The van der Waals surface area contributed by atoms with Crippen molar-refractivity contribution in [2.45, 2.75) is 6.61 Å². The third-order valence-corrected chi connectivity index (χ3v) is 2.73. The highest BCUT2D eigenvalue weighted by atomic mass is 35.5. The molecule has 1 aromatic heterocycles. The number of nitrogens with two attached hydrogens (primary N) is 1. The van der Waals surface area contributed by atoms with Crippen LogP contribution >= 0.6 is 11.6 Å². The summed E-state index contributed by atoms with van der Waals surface area (Å²) in [5.41, 5.74) is 3.86. The van der Waals surface area contributed by atoms with E-state index >= 15 is 0 Å². The first-order valence-electron chi connectivity index (χ1n) is 6.11. The number of nitrogens with zero attached hydrogens (tertiary/aromatic N) is 1. The molecule has 0 atom stereocenters. The van der Waals surface area contributed by atoms with Gasteiger partial charge in [-0.2, -0.15) is 0 Å². The van der Waals surface area contributed by atoms with Crippen LogP contribution in [0.25, 0.3) is 0 Å². The molecular weight excluding hydrogens is 292 g/mol. The number of aromatic nitrogens is 1. The number of benzene rings is 1. The minimum atomic E-state index is 0.403. The van der Waals surface area contributed by atoms with Gasteiger partial charge in [0.1, 0.15) is 11.6 Å². The Morgan fingerprint density at radius 1 is 1.33 bits per heavy atom. The summed E-state index contributed by atoms with van der Waals surface area (Å²) in [5.74, 6) is 4.87. The lowest BCUT2D eigenvalue weighted by atomic mass is 10.2. The van der Waals surface area contributed by atoms with E-state index in [4.69, 9.17) is 21.1 Å². The molecule has 0 fully saturated rings. The molecule has 0 radical (unpaired) electrons. The molecule has 21 heavy (non-hydrogen) atoms. The summed E-state index contributed by atoms with van der Waals surface area (Å²) in [7, 11) is 1.88. The molecule has 0 unspecified atom stereocenters. The lowest BCUT2D eigenvalue weighted by Gasteiger charge is -2.10. The van der Waals surface area contributed by atoms with Crippen molar-refractivity contribution in [2.24, 2.45) is 5.84 Å². The van der Waals surface area contributed by atoms with Crippen molar-refractivity contribution in [3.63, 3.8) is 0 Å². The highest BCUT2D eigenvalue weighted by molar-refractivity contribution is 6.31. The van der Waals surface area contributed by atoms with Gasteiger partial charge in [0, 0.05) is 24.5 Å². The van der Waals surface area contributed by atoms with Gasteiger partial charge in [0.25, 0.3) is 0 Å². The fourth-order valence-electron chi connectivity index (χ4n) is 1.51. The zero-order chi connectivity index (χ0) is 15.5. The molecule has 112 valence electrons. The number of para-hydroxylation sites is 1. The summed E-state index contributed by atoms with van der Waals surface area (Å²) in [6.07, 6.45) is 2.06. The Bertz CT molecular complexity index is 566. The minimum Gasteiger partial charge on any atom is -0.472 e. The normalized spacial score (nSPS) is 9.10. The topological polar surface area (TPSA) is 89.3 Å². The van der Waals surface area contributed by atoms with Crippen LogP contribution in [0, 0.1) is 0 Å². The van der Waals surface area contributed by atoms with Gasteiger partial charge in [0.05, 0.1) is 0 Å². The number of rotatable bonds is 5. The fourth-order valence-corrected chi connectivity index (χ4v) is 1.69. The van der Waals surface area contributed by atoms with Gasteiger partial charge < -0.3 is 10.1 Å². The van der Waals surface area contributed by atoms with E-state index < -0.39 is 0 Å². The zero-order valence-corrected chi connectivity index (χ0v) is 12.3. The summed E-state index contributed by atoms with van der Waals surface area (Å²) < 4.78 is 5.58. The molecule has 0 spiro atoms. The number of halogens is 1. The molecule has 0 aliphatic heterocycles. The van der Waals surface area contributed by atoms with E-state index in [1.165, 1.54) is 0 Å². The summed E-state index contributed by atoms with van der Waals surface area (Å²) in [5, 5.41) is 3.64. The summed E-state index contributed by atoms with van der Waals surface area (Å²) >= 11 is 5.96. The Hall–Kier alpha value is -2.31. The van der Waals surface area contributed by atoms with Crippen LogP contribution in [0.3, 0.4) is 0 Å². The molecule has 1 heterocycles. The van der Waals surface area contributed by atoms with E-state index in [0.717, 1.165) is 11.3 Å². The van der Waals surface area contributed by atoms with Gasteiger partial charge >= 0.3 is 0 Å². The maximum atomic E-state index is 8.94. The molecule has 0 saturated heterocycles. The largest absolute Gasteiger partial charge is 0.472 e. The summed E-state index contributed by atoms with van der Waals surface area (Å²) in [6, 6.07) is 11.5. The third kappa shape index (κ3) is 5.68. The molecule has 1 aromatic carbocycles. The van der Waals surface area contributed by atoms with Crippen LogP contribution in [-0.2, 0) is 11.4 Å². The average molecular weight is 309 g/mol. The van der Waals surface area contributed by atoms with Crippen LogP contribution in [0.2, 0.25) is 5.02 Å². The minimum absolute atomic E-state index is 0.403. The number of ether oxygens (including phenoxy) is 1. The van der Waals surface area contributed by atoms with Crippen LogP contribution < -0.4 is 21.3 Å². The molecule has 2 aromatic rings. The molecule has 4 N–H and O–H groups in total. The van der Waals surface area contributed by atoms with E-state index in [0.29, 0.717) is 23.9 Å². The monoisotopic (exact) mass is 308 g/mol. The first-order chi connectivity index (χ1) is 10.2. The highest BCUT2D eigenvalue weighted by Gasteiger charge is 2.04. The number of anilines is 1. The average Bonchev–Trinajstić information content (AvgIpc) is 2.54. The zero-order valence-electron chi connectivity index (χ0n) is 11.5. The van der Waals surface area contributed by atoms with Crippen molar-refractivity contribution in [1.82, 2.24) is 10.4 Å². The quantitative estimate of drug-likeness (QED) is 0.340. The molecule has 1 amide bonds. The van der Waals surface area contributed by atoms with Crippen LogP contribution in [0.5, 0.6) is 5.88 Å². The second-order valence-electron chi connectivity index (χ2n) is 3.77. The van der Waals surface area contributed by atoms with Gasteiger partial charge in [-0.25, -0.2) is 10.8 Å². The standard InChI is InChI=1S/C13H13ClN2O.CH4N2O/c1-15-12-7-3-2-5-10(12)9-17-13-11(14)6-4-8-16-13;2-3-1-4/h2-8,15H,9H2,1H3;1H,2H2,(H,3,4). The van der Waals surface area contributed by atoms with Crippen LogP contribution in [0.1, 0.15) is 5.56 Å². The van der Waals surface area contributed by atoms with Crippen molar-refractivity contribution in [3.05, 3.63) is 53.2 Å². The van der Waals surface area contributed by atoms with Gasteiger partial charge in [0.2, 0.25) is 12.3 Å². The number of pyridine rings is 1. The number of hydrogen-bond acceptors (Lipinski definition) is 5. The van der Waals surface area contributed by atoms with Crippen molar-refractivity contribution in [2.75, 3.05) is 12.4 Å². The SMILES string of the molecule is CNc1ccccc1COc1ncccc1Cl.NNC=O. The summed E-state index contributed by atoms with van der Waals surface area (Å²) in [6.45, 7) is 0.438. The number of amides is 1. The Morgan fingerprint density at radius 2 is 2.05 bits per heavy atom. The van der Waals surface area contributed by atoms with Crippen molar-refractivity contribution < 1.29 is 9.53 Å². The van der Waals surface area contributed by atoms with Crippen molar-refractivity contribution >= 4 is 23.7 Å². The lowest BCUT2D eigenvalue weighted by molar-refractivity contribution is -0.109. The van der Waals surface area contributed by atoms with Gasteiger partial charge in [-0.1, -0.05) is 29.8 Å². The van der Waals surface area contributed by atoms with Gasteiger partial charge in [0.15, 0.2) is 0 Å². The highest BCUT2D eigenvalue weighted by Crippen LogP contribution is 2.22. The smallest absolute Gasteiger partial charge is 0.232 e. The predicted molar refractivity (Wildman–Crippen MR) is 83.0 cm³/mol. The molecule has 2 rings (SSSR count). The molecule has 0 bridgehead atoms. The second kappa shape index (κ2) is 9.57. The molecule has 0 aliphatic rings. The number of hydrazine groups is 1. The Balaban J connectivity index is 0.000000491. The second-order valence-corrected chi connectivity index (χ2v) is 4.18. The first-order valence-corrected chi connectivity index (χ1v) is 6.49. The maximum Gasteiger partial charge on any atom is 0.232 e.